The van der Waals surface area contributed by atoms with E-state index in [0.717, 1.165) is 25.7 Å². The highest BCUT2D eigenvalue weighted by molar-refractivity contribution is 4.97. The molecule has 1 rings (SSSR count). The first-order valence-electron chi connectivity index (χ1n) is 6.94. The van der Waals surface area contributed by atoms with Crippen molar-refractivity contribution in [2.75, 3.05) is 20.0 Å². The number of rotatable bonds is 8. The molecule has 106 valence electrons. The summed E-state index contributed by atoms with van der Waals surface area (Å²) in [5.74, 6) is 0.183. The molecule has 2 N–H and O–H groups in total. The molecule has 4 heteroatoms. The van der Waals surface area contributed by atoms with Gasteiger partial charge in [-0.15, -0.1) is 0 Å². The molecule has 0 saturated carbocycles. The molecule has 0 aromatic rings. The van der Waals surface area contributed by atoms with Gasteiger partial charge in [0.1, 0.15) is 6.79 Å². The summed E-state index contributed by atoms with van der Waals surface area (Å²) in [6, 6.07) is 0. The fourth-order valence-electron chi connectivity index (χ4n) is 2.12. The van der Waals surface area contributed by atoms with E-state index in [1.807, 2.05) is 12.2 Å². The van der Waals surface area contributed by atoms with Gasteiger partial charge in [0.15, 0.2) is 0 Å². The number of aliphatic hydroxyl groups excluding tert-OH is 2. The summed E-state index contributed by atoms with van der Waals surface area (Å²) in [5, 5.41) is 18.8. The van der Waals surface area contributed by atoms with Gasteiger partial charge in [-0.1, -0.05) is 38.3 Å². The summed E-state index contributed by atoms with van der Waals surface area (Å²) in [6.07, 6.45) is 8.14. The van der Waals surface area contributed by atoms with Crippen LogP contribution in [0.15, 0.2) is 12.2 Å². The van der Waals surface area contributed by atoms with E-state index >= 15 is 0 Å². The molecule has 1 saturated heterocycles. The number of aliphatic hydroxyl groups is 2. The van der Waals surface area contributed by atoms with Crippen molar-refractivity contribution in [1.29, 1.82) is 0 Å². The van der Waals surface area contributed by atoms with Crippen LogP contribution in [-0.4, -0.2) is 42.4 Å². The predicted octanol–water partition coefficient (Wildman–Crippen LogP) is 1.86. The number of hydrogen-bond acceptors (Lipinski definition) is 4. The average molecular weight is 258 g/mol. The van der Waals surface area contributed by atoms with Gasteiger partial charge in [-0.2, -0.15) is 0 Å². The second-order valence-electron chi connectivity index (χ2n) is 4.84. The first-order valence-corrected chi connectivity index (χ1v) is 6.94. The van der Waals surface area contributed by atoms with Crippen LogP contribution in [0.3, 0.4) is 0 Å². The van der Waals surface area contributed by atoms with E-state index in [1.165, 1.54) is 0 Å². The molecule has 1 fully saturated rings. The highest BCUT2D eigenvalue weighted by Gasteiger charge is 2.24. The van der Waals surface area contributed by atoms with Crippen LogP contribution in [0.4, 0.5) is 0 Å². The standard InChI is InChI=1S/C14H26O4/c1-2-3-4-5-13(16)6-7-14-12(8-9-15)10-17-11-18-14/h6-7,12-16H,2-5,8-11H2,1H3/t12-,13?,14+/m1/s1. The maximum atomic E-state index is 9.80. The lowest BCUT2D eigenvalue weighted by molar-refractivity contribution is -0.156. The zero-order chi connectivity index (χ0) is 13.2. The van der Waals surface area contributed by atoms with E-state index in [2.05, 4.69) is 6.92 Å². The summed E-state index contributed by atoms with van der Waals surface area (Å²) in [7, 11) is 0. The van der Waals surface area contributed by atoms with Gasteiger partial charge in [0.25, 0.3) is 0 Å². The second-order valence-corrected chi connectivity index (χ2v) is 4.84. The molecule has 0 amide bonds. The molecule has 0 bridgehead atoms. The lowest BCUT2D eigenvalue weighted by Crippen LogP contribution is -2.33. The average Bonchev–Trinajstić information content (AvgIpc) is 2.38. The van der Waals surface area contributed by atoms with Gasteiger partial charge in [-0.25, -0.2) is 0 Å². The molecule has 1 unspecified atom stereocenters. The fraction of sp³-hybridized carbons (Fsp3) is 0.857. The topological polar surface area (TPSA) is 58.9 Å². The molecule has 0 aliphatic carbocycles. The number of ether oxygens (including phenoxy) is 2. The maximum absolute atomic E-state index is 9.80. The third kappa shape index (κ3) is 5.96. The van der Waals surface area contributed by atoms with E-state index in [0.29, 0.717) is 19.8 Å². The molecule has 18 heavy (non-hydrogen) atoms. The largest absolute Gasteiger partial charge is 0.396 e. The monoisotopic (exact) mass is 258 g/mol. The van der Waals surface area contributed by atoms with Crippen molar-refractivity contribution in [2.24, 2.45) is 5.92 Å². The van der Waals surface area contributed by atoms with Gasteiger partial charge in [0.2, 0.25) is 0 Å². The molecular formula is C14H26O4. The Bertz CT molecular complexity index is 228. The van der Waals surface area contributed by atoms with Crippen molar-refractivity contribution in [3.05, 3.63) is 12.2 Å². The molecule has 4 nitrogen and oxygen atoms in total. The van der Waals surface area contributed by atoms with E-state index in [9.17, 15) is 5.11 Å². The van der Waals surface area contributed by atoms with Gasteiger partial charge in [0, 0.05) is 12.5 Å². The third-order valence-corrected chi connectivity index (χ3v) is 3.27. The summed E-state index contributed by atoms with van der Waals surface area (Å²) in [5.41, 5.74) is 0. The van der Waals surface area contributed by atoms with E-state index in [4.69, 9.17) is 14.6 Å². The molecule has 0 spiro atoms. The normalized spacial score (nSPS) is 26.6. The molecule has 0 radical (unpaired) electrons. The van der Waals surface area contributed by atoms with Crippen LogP contribution in [0.2, 0.25) is 0 Å². The quantitative estimate of drug-likeness (QED) is 0.515. The van der Waals surface area contributed by atoms with Crippen molar-refractivity contribution in [2.45, 2.75) is 51.2 Å². The Morgan fingerprint density at radius 1 is 1.39 bits per heavy atom. The number of hydrogen-bond donors (Lipinski definition) is 2. The van der Waals surface area contributed by atoms with Crippen LogP contribution < -0.4 is 0 Å². The SMILES string of the molecule is CCCCCC(O)C=C[C@@H]1OCOC[C@H]1CCO. The van der Waals surface area contributed by atoms with Crippen LogP contribution in [0, 0.1) is 5.92 Å². The Balaban J connectivity index is 2.32. The molecule has 3 atom stereocenters. The summed E-state index contributed by atoms with van der Waals surface area (Å²) >= 11 is 0. The molecule has 1 heterocycles. The Morgan fingerprint density at radius 3 is 2.94 bits per heavy atom. The van der Waals surface area contributed by atoms with Gasteiger partial charge >= 0.3 is 0 Å². The van der Waals surface area contributed by atoms with E-state index in [1.54, 1.807) is 0 Å². The Morgan fingerprint density at radius 2 is 2.22 bits per heavy atom. The molecule has 1 aliphatic heterocycles. The van der Waals surface area contributed by atoms with E-state index in [-0.39, 0.29) is 18.6 Å². The molecule has 1 aliphatic rings. The van der Waals surface area contributed by atoms with Crippen molar-refractivity contribution < 1.29 is 19.7 Å². The molecule has 0 aromatic carbocycles. The minimum atomic E-state index is -0.391. The van der Waals surface area contributed by atoms with Crippen LogP contribution in [0.1, 0.15) is 39.0 Å². The van der Waals surface area contributed by atoms with Crippen LogP contribution >= 0.6 is 0 Å². The van der Waals surface area contributed by atoms with Crippen molar-refractivity contribution in [3.63, 3.8) is 0 Å². The van der Waals surface area contributed by atoms with Crippen LogP contribution in [0.25, 0.3) is 0 Å². The highest BCUT2D eigenvalue weighted by atomic mass is 16.7. The smallest absolute Gasteiger partial charge is 0.147 e. The molecule has 0 aromatic heterocycles. The van der Waals surface area contributed by atoms with Gasteiger partial charge in [0.05, 0.1) is 18.8 Å². The van der Waals surface area contributed by atoms with Crippen LogP contribution in [0.5, 0.6) is 0 Å². The lowest BCUT2D eigenvalue weighted by atomic mass is 9.98. The first kappa shape index (κ1) is 15.6. The van der Waals surface area contributed by atoms with Gasteiger partial charge < -0.3 is 19.7 Å². The summed E-state index contributed by atoms with van der Waals surface area (Å²) in [4.78, 5) is 0. The van der Waals surface area contributed by atoms with Gasteiger partial charge in [-0.05, 0) is 12.8 Å². The minimum Gasteiger partial charge on any atom is -0.396 e. The molecular weight excluding hydrogens is 232 g/mol. The Kier molecular flexibility index (Phi) is 8.25. The van der Waals surface area contributed by atoms with E-state index < -0.39 is 6.10 Å². The summed E-state index contributed by atoms with van der Waals surface area (Å²) < 4.78 is 10.7. The van der Waals surface area contributed by atoms with Crippen molar-refractivity contribution >= 4 is 0 Å². The van der Waals surface area contributed by atoms with Crippen LogP contribution in [-0.2, 0) is 9.47 Å². The Labute approximate surface area is 110 Å². The van der Waals surface area contributed by atoms with Crippen molar-refractivity contribution in [3.8, 4) is 0 Å². The maximum Gasteiger partial charge on any atom is 0.147 e. The Hall–Kier alpha value is -0.420. The first-order chi connectivity index (χ1) is 8.77. The van der Waals surface area contributed by atoms with Crippen molar-refractivity contribution in [1.82, 2.24) is 0 Å². The zero-order valence-electron chi connectivity index (χ0n) is 11.3. The lowest BCUT2D eigenvalue weighted by Gasteiger charge is -2.29. The number of unbranched alkanes of at least 4 members (excludes halogenated alkanes) is 2. The summed E-state index contributed by atoms with van der Waals surface area (Å²) in [6.45, 7) is 3.20. The fourth-order valence-corrected chi connectivity index (χ4v) is 2.12. The predicted molar refractivity (Wildman–Crippen MR) is 70.2 cm³/mol. The highest BCUT2D eigenvalue weighted by Crippen LogP contribution is 2.19. The third-order valence-electron chi connectivity index (χ3n) is 3.27. The zero-order valence-corrected chi connectivity index (χ0v) is 11.3. The van der Waals surface area contributed by atoms with Gasteiger partial charge in [-0.3, -0.25) is 0 Å². The second kappa shape index (κ2) is 9.50. The minimum absolute atomic E-state index is 0.0493.